The van der Waals surface area contributed by atoms with Crippen molar-refractivity contribution in [1.29, 1.82) is 0 Å². The predicted octanol–water partition coefficient (Wildman–Crippen LogP) is 3.54. The van der Waals surface area contributed by atoms with E-state index in [1.165, 1.54) is 25.7 Å². The Balaban J connectivity index is 1.80. The van der Waals surface area contributed by atoms with Crippen molar-refractivity contribution >= 4 is 11.6 Å². The lowest BCUT2D eigenvalue weighted by atomic mass is 9.87. The molecule has 0 saturated heterocycles. The average Bonchev–Trinajstić information content (AvgIpc) is 2.37. The Hall–Kier alpha value is -0.570. The zero-order valence-corrected chi connectivity index (χ0v) is 11.7. The largest absolute Gasteiger partial charge is 0.387 e. The van der Waals surface area contributed by atoms with E-state index in [9.17, 15) is 5.11 Å². The summed E-state index contributed by atoms with van der Waals surface area (Å²) in [5.74, 6) is 0.809. The van der Waals surface area contributed by atoms with E-state index >= 15 is 0 Å². The van der Waals surface area contributed by atoms with Gasteiger partial charge in [-0.05, 0) is 36.5 Å². The molecule has 1 fully saturated rings. The summed E-state index contributed by atoms with van der Waals surface area (Å²) in [5, 5.41) is 14.3. The summed E-state index contributed by atoms with van der Waals surface area (Å²) < 4.78 is 0. The Kier molecular flexibility index (Phi) is 5.04. The molecule has 0 spiro atoms. The summed E-state index contributed by atoms with van der Waals surface area (Å²) in [5.41, 5.74) is 0.927. The predicted molar refractivity (Wildman–Crippen MR) is 75.8 cm³/mol. The van der Waals surface area contributed by atoms with Gasteiger partial charge in [0.25, 0.3) is 0 Å². The molecule has 2 nitrogen and oxygen atoms in total. The molecule has 0 bridgehead atoms. The lowest BCUT2D eigenvalue weighted by molar-refractivity contribution is 0.162. The summed E-state index contributed by atoms with van der Waals surface area (Å²) in [7, 11) is 0. The van der Waals surface area contributed by atoms with Crippen LogP contribution >= 0.6 is 11.6 Å². The molecule has 3 unspecified atom stereocenters. The van der Waals surface area contributed by atoms with E-state index in [0.717, 1.165) is 11.5 Å². The lowest BCUT2D eigenvalue weighted by Gasteiger charge is -2.28. The zero-order chi connectivity index (χ0) is 13.0. The quantitative estimate of drug-likeness (QED) is 0.875. The van der Waals surface area contributed by atoms with Gasteiger partial charge in [-0.15, -0.1) is 0 Å². The van der Waals surface area contributed by atoms with Crippen molar-refractivity contribution in [2.24, 2.45) is 5.92 Å². The molecule has 18 heavy (non-hydrogen) atoms. The highest BCUT2D eigenvalue weighted by Crippen LogP contribution is 2.24. The van der Waals surface area contributed by atoms with Crippen LogP contribution in [0.4, 0.5) is 0 Å². The molecule has 0 amide bonds. The van der Waals surface area contributed by atoms with E-state index in [1.807, 2.05) is 24.3 Å². The van der Waals surface area contributed by atoms with Gasteiger partial charge >= 0.3 is 0 Å². The minimum absolute atomic E-state index is 0.445. The van der Waals surface area contributed by atoms with Crippen molar-refractivity contribution in [2.75, 3.05) is 6.54 Å². The monoisotopic (exact) mass is 267 g/mol. The number of halogens is 1. The van der Waals surface area contributed by atoms with Gasteiger partial charge in [-0.3, -0.25) is 0 Å². The molecule has 3 heteroatoms. The SMILES string of the molecule is CC1CCCC(NCC(O)c2ccc(Cl)cc2)C1. The highest BCUT2D eigenvalue weighted by molar-refractivity contribution is 6.30. The molecule has 0 heterocycles. The molecule has 1 aliphatic rings. The Morgan fingerprint density at radius 1 is 1.33 bits per heavy atom. The zero-order valence-electron chi connectivity index (χ0n) is 10.9. The Morgan fingerprint density at radius 3 is 2.72 bits per heavy atom. The normalized spacial score (nSPS) is 25.9. The topological polar surface area (TPSA) is 32.3 Å². The van der Waals surface area contributed by atoms with E-state index < -0.39 is 6.10 Å². The minimum Gasteiger partial charge on any atom is -0.387 e. The molecular weight excluding hydrogens is 246 g/mol. The number of aliphatic hydroxyl groups excluding tert-OH is 1. The molecule has 2 rings (SSSR count). The van der Waals surface area contributed by atoms with Crippen LogP contribution in [0.2, 0.25) is 5.02 Å². The maximum Gasteiger partial charge on any atom is 0.0914 e. The van der Waals surface area contributed by atoms with Crippen molar-refractivity contribution in [3.05, 3.63) is 34.9 Å². The molecule has 1 aromatic rings. The van der Waals surface area contributed by atoms with Crippen LogP contribution in [0.3, 0.4) is 0 Å². The molecule has 3 atom stereocenters. The molecule has 100 valence electrons. The molecule has 0 radical (unpaired) electrons. The summed E-state index contributed by atoms with van der Waals surface area (Å²) in [4.78, 5) is 0. The van der Waals surface area contributed by atoms with Crippen LogP contribution in [0, 0.1) is 5.92 Å². The molecule has 0 aromatic heterocycles. The Bertz CT molecular complexity index is 365. The van der Waals surface area contributed by atoms with E-state index in [4.69, 9.17) is 11.6 Å². The fourth-order valence-corrected chi connectivity index (χ4v) is 2.83. The first-order chi connectivity index (χ1) is 8.65. The van der Waals surface area contributed by atoms with Crippen molar-refractivity contribution in [1.82, 2.24) is 5.32 Å². The highest BCUT2D eigenvalue weighted by Gasteiger charge is 2.19. The van der Waals surface area contributed by atoms with Gasteiger partial charge in [0.05, 0.1) is 6.10 Å². The molecular formula is C15H22ClNO. The second-order valence-electron chi connectivity index (χ2n) is 5.44. The van der Waals surface area contributed by atoms with Gasteiger partial charge in [-0.2, -0.15) is 0 Å². The minimum atomic E-state index is -0.445. The number of rotatable bonds is 4. The molecule has 1 aromatic carbocycles. The first-order valence-electron chi connectivity index (χ1n) is 6.82. The van der Waals surface area contributed by atoms with Crippen LogP contribution in [0.25, 0.3) is 0 Å². The molecule has 2 N–H and O–H groups in total. The van der Waals surface area contributed by atoms with Gasteiger partial charge in [0.2, 0.25) is 0 Å². The summed E-state index contributed by atoms with van der Waals surface area (Å²) >= 11 is 5.83. The van der Waals surface area contributed by atoms with Crippen molar-refractivity contribution in [3.8, 4) is 0 Å². The molecule has 1 saturated carbocycles. The van der Waals surface area contributed by atoms with E-state index in [2.05, 4.69) is 12.2 Å². The average molecular weight is 268 g/mol. The fourth-order valence-electron chi connectivity index (χ4n) is 2.70. The van der Waals surface area contributed by atoms with E-state index in [1.54, 1.807) is 0 Å². The third-order valence-corrected chi connectivity index (χ3v) is 4.04. The van der Waals surface area contributed by atoms with Crippen molar-refractivity contribution < 1.29 is 5.11 Å². The van der Waals surface area contributed by atoms with Gasteiger partial charge in [-0.1, -0.05) is 43.5 Å². The lowest BCUT2D eigenvalue weighted by Crippen LogP contribution is -2.36. The Morgan fingerprint density at radius 2 is 2.06 bits per heavy atom. The maximum absolute atomic E-state index is 10.1. The third kappa shape index (κ3) is 3.98. The highest BCUT2D eigenvalue weighted by atomic mass is 35.5. The van der Waals surface area contributed by atoms with Crippen LogP contribution in [0.5, 0.6) is 0 Å². The van der Waals surface area contributed by atoms with Gasteiger partial charge in [0.1, 0.15) is 0 Å². The van der Waals surface area contributed by atoms with Crippen molar-refractivity contribution in [3.63, 3.8) is 0 Å². The van der Waals surface area contributed by atoms with Crippen molar-refractivity contribution in [2.45, 2.75) is 44.8 Å². The number of aliphatic hydroxyl groups is 1. The fraction of sp³-hybridized carbons (Fsp3) is 0.600. The smallest absolute Gasteiger partial charge is 0.0914 e. The van der Waals surface area contributed by atoms with Gasteiger partial charge in [0, 0.05) is 17.6 Å². The second-order valence-corrected chi connectivity index (χ2v) is 5.88. The van der Waals surface area contributed by atoms with Gasteiger partial charge in [0.15, 0.2) is 0 Å². The first-order valence-corrected chi connectivity index (χ1v) is 7.20. The number of hydrogen-bond acceptors (Lipinski definition) is 2. The molecule has 1 aliphatic carbocycles. The second kappa shape index (κ2) is 6.55. The number of hydrogen-bond donors (Lipinski definition) is 2. The first kappa shape index (κ1) is 13.9. The third-order valence-electron chi connectivity index (χ3n) is 3.79. The summed E-state index contributed by atoms with van der Waals surface area (Å²) in [6.45, 7) is 2.93. The van der Waals surface area contributed by atoms with E-state index in [-0.39, 0.29) is 0 Å². The van der Waals surface area contributed by atoms with E-state index in [0.29, 0.717) is 17.6 Å². The van der Waals surface area contributed by atoms with Gasteiger partial charge in [-0.25, -0.2) is 0 Å². The van der Waals surface area contributed by atoms with Crippen LogP contribution in [-0.2, 0) is 0 Å². The molecule has 0 aliphatic heterocycles. The van der Waals surface area contributed by atoms with Crippen LogP contribution in [-0.4, -0.2) is 17.7 Å². The van der Waals surface area contributed by atoms with Crippen LogP contribution in [0.15, 0.2) is 24.3 Å². The standard InChI is InChI=1S/C15H22ClNO/c1-11-3-2-4-14(9-11)17-10-15(18)12-5-7-13(16)8-6-12/h5-8,11,14-15,17-18H,2-4,9-10H2,1H3. The van der Waals surface area contributed by atoms with Gasteiger partial charge < -0.3 is 10.4 Å². The number of benzene rings is 1. The summed E-state index contributed by atoms with van der Waals surface area (Å²) in [6.07, 6.45) is 4.67. The van der Waals surface area contributed by atoms with Crippen LogP contribution in [0.1, 0.15) is 44.3 Å². The maximum atomic E-state index is 10.1. The van der Waals surface area contributed by atoms with Crippen LogP contribution < -0.4 is 5.32 Å². The summed E-state index contributed by atoms with van der Waals surface area (Å²) in [6, 6.07) is 7.98. The number of nitrogens with one attached hydrogen (secondary N) is 1. The Labute approximate surface area is 114 Å².